The number of benzene rings is 2. The Balaban J connectivity index is 2.17. The Hall–Kier alpha value is -1.19. The van der Waals surface area contributed by atoms with Crippen LogP contribution in [0.4, 0.5) is 5.69 Å². The van der Waals surface area contributed by atoms with Gasteiger partial charge in [0, 0.05) is 22.3 Å². The highest BCUT2D eigenvalue weighted by Gasteiger charge is 2.06. The monoisotopic (exact) mass is 325 g/mol. The molecule has 2 nitrogen and oxygen atoms in total. The summed E-state index contributed by atoms with van der Waals surface area (Å²) < 4.78 is 1.03. The highest BCUT2D eigenvalue weighted by atomic mass is 79.9. The quantitative estimate of drug-likeness (QED) is 0.854. The van der Waals surface area contributed by atoms with Crippen LogP contribution in [0.5, 0.6) is 5.75 Å². The number of aryl methyl sites for hydroxylation is 1. The number of hydrogen-bond acceptors (Lipinski definition) is 2. The van der Waals surface area contributed by atoms with Gasteiger partial charge in [0.2, 0.25) is 0 Å². The maximum atomic E-state index is 9.82. The molecule has 94 valence electrons. The second kappa shape index (κ2) is 5.63. The fourth-order valence-electron chi connectivity index (χ4n) is 1.68. The Bertz CT molecular complexity index is 520. The van der Waals surface area contributed by atoms with Crippen LogP contribution in [-0.4, -0.2) is 5.11 Å². The summed E-state index contributed by atoms with van der Waals surface area (Å²) in [5, 5.41) is 13.5. The molecule has 0 radical (unpaired) electrons. The normalized spacial score (nSPS) is 10.4. The fraction of sp³-hybridized carbons (Fsp3) is 0.143. The van der Waals surface area contributed by atoms with Crippen molar-refractivity contribution in [1.82, 2.24) is 0 Å². The van der Waals surface area contributed by atoms with E-state index >= 15 is 0 Å². The Morgan fingerprint density at radius 1 is 1.22 bits per heavy atom. The number of halogens is 2. The van der Waals surface area contributed by atoms with Crippen LogP contribution in [0.2, 0.25) is 5.02 Å². The third-order valence-corrected chi connectivity index (χ3v) is 4.09. The van der Waals surface area contributed by atoms with E-state index in [0.717, 1.165) is 21.3 Å². The molecule has 0 aliphatic carbocycles. The third-order valence-electron chi connectivity index (χ3n) is 2.73. The number of rotatable bonds is 3. The van der Waals surface area contributed by atoms with E-state index in [9.17, 15) is 5.11 Å². The molecule has 2 aromatic carbocycles. The van der Waals surface area contributed by atoms with Crippen LogP contribution in [0.15, 0.2) is 40.9 Å². The van der Waals surface area contributed by atoms with Crippen molar-refractivity contribution in [2.75, 3.05) is 5.32 Å². The van der Waals surface area contributed by atoms with Gasteiger partial charge in [-0.3, -0.25) is 0 Å². The Morgan fingerprint density at radius 3 is 2.72 bits per heavy atom. The lowest BCUT2D eigenvalue weighted by Gasteiger charge is -2.11. The van der Waals surface area contributed by atoms with Crippen molar-refractivity contribution >= 4 is 33.2 Å². The smallest absolute Gasteiger partial charge is 0.139 e. The van der Waals surface area contributed by atoms with Crippen LogP contribution < -0.4 is 5.32 Å². The number of nitrogens with one attached hydrogen (secondary N) is 1. The minimum atomic E-state index is 0.135. The van der Waals surface area contributed by atoms with E-state index in [1.165, 1.54) is 0 Å². The van der Waals surface area contributed by atoms with Gasteiger partial charge in [0.25, 0.3) is 0 Å². The first kappa shape index (κ1) is 13.2. The minimum absolute atomic E-state index is 0.135. The van der Waals surface area contributed by atoms with Gasteiger partial charge < -0.3 is 10.4 Å². The first-order valence-electron chi connectivity index (χ1n) is 5.55. The van der Waals surface area contributed by atoms with Gasteiger partial charge in [-0.1, -0.05) is 35.9 Å². The van der Waals surface area contributed by atoms with Crippen LogP contribution in [0.1, 0.15) is 11.1 Å². The second-order valence-electron chi connectivity index (χ2n) is 4.04. The summed E-state index contributed by atoms with van der Waals surface area (Å²) in [5.41, 5.74) is 2.93. The zero-order valence-electron chi connectivity index (χ0n) is 9.87. The van der Waals surface area contributed by atoms with Crippen LogP contribution in [0.25, 0.3) is 0 Å². The van der Waals surface area contributed by atoms with Crippen molar-refractivity contribution in [1.29, 1.82) is 0 Å². The van der Waals surface area contributed by atoms with Crippen molar-refractivity contribution in [2.45, 2.75) is 13.5 Å². The first-order valence-corrected chi connectivity index (χ1v) is 6.72. The minimum Gasteiger partial charge on any atom is -0.506 e. The van der Waals surface area contributed by atoms with Crippen molar-refractivity contribution < 1.29 is 5.11 Å². The molecular weight excluding hydrogens is 314 g/mol. The van der Waals surface area contributed by atoms with E-state index in [-0.39, 0.29) is 5.75 Å². The number of hydrogen-bond donors (Lipinski definition) is 2. The lowest BCUT2D eigenvalue weighted by molar-refractivity contribution is 0.469. The maximum absolute atomic E-state index is 9.82. The van der Waals surface area contributed by atoms with Gasteiger partial charge >= 0.3 is 0 Å². The molecule has 0 saturated heterocycles. The molecule has 0 spiro atoms. The number of phenols is 1. The predicted molar refractivity (Wildman–Crippen MR) is 79.3 cm³/mol. The van der Waals surface area contributed by atoms with Gasteiger partial charge in [-0.05, 0) is 40.5 Å². The average Bonchev–Trinajstić information content (AvgIpc) is 2.36. The van der Waals surface area contributed by atoms with Gasteiger partial charge in [0.15, 0.2) is 0 Å². The van der Waals surface area contributed by atoms with Crippen molar-refractivity contribution in [3.8, 4) is 5.75 Å². The average molecular weight is 327 g/mol. The highest BCUT2D eigenvalue weighted by molar-refractivity contribution is 9.10. The lowest BCUT2D eigenvalue weighted by Crippen LogP contribution is -2.01. The van der Waals surface area contributed by atoms with E-state index in [2.05, 4.69) is 21.2 Å². The topological polar surface area (TPSA) is 32.3 Å². The highest BCUT2D eigenvalue weighted by Crippen LogP contribution is 2.29. The SMILES string of the molecule is Cc1cccc(NCc2cccc(Cl)c2O)c1Br. The van der Waals surface area contributed by atoms with E-state index in [1.807, 2.05) is 37.3 Å². The molecule has 2 rings (SSSR count). The number of para-hydroxylation sites is 1. The number of anilines is 1. The molecule has 2 aromatic rings. The summed E-state index contributed by atoms with van der Waals surface area (Å²) >= 11 is 9.40. The third kappa shape index (κ3) is 2.79. The summed E-state index contributed by atoms with van der Waals surface area (Å²) in [7, 11) is 0. The fourth-order valence-corrected chi connectivity index (χ4v) is 2.28. The van der Waals surface area contributed by atoms with Gasteiger partial charge in [-0.2, -0.15) is 0 Å². The van der Waals surface area contributed by atoms with Crippen LogP contribution in [0.3, 0.4) is 0 Å². The molecule has 0 bridgehead atoms. The standard InChI is InChI=1S/C14H13BrClNO/c1-9-4-2-7-12(13(9)15)17-8-10-5-3-6-11(16)14(10)18/h2-7,17-18H,8H2,1H3. The van der Waals surface area contributed by atoms with Crippen molar-refractivity contribution in [3.05, 3.63) is 57.0 Å². The van der Waals surface area contributed by atoms with Gasteiger partial charge in [0.05, 0.1) is 5.02 Å². The Kier molecular flexibility index (Phi) is 4.15. The molecule has 2 N–H and O–H groups in total. The molecule has 0 heterocycles. The summed E-state index contributed by atoms with van der Waals surface area (Å²) in [6.45, 7) is 2.56. The van der Waals surface area contributed by atoms with Gasteiger partial charge in [-0.15, -0.1) is 0 Å². The molecule has 0 aromatic heterocycles. The van der Waals surface area contributed by atoms with Crippen LogP contribution in [0, 0.1) is 6.92 Å². The molecule has 0 aliphatic rings. The van der Waals surface area contributed by atoms with Crippen LogP contribution in [-0.2, 0) is 6.54 Å². The Morgan fingerprint density at radius 2 is 1.94 bits per heavy atom. The zero-order chi connectivity index (χ0) is 13.1. The molecule has 0 fully saturated rings. The maximum Gasteiger partial charge on any atom is 0.139 e. The number of aromatic hydroxyl groups is 1. The van der Waals surface area contributed by atoms with E-state index in [4.69, 9.17) is 11.6 Å². The molecule has 4 heteroatoms. The summed E-state index contributed by atoms with van der Waals surface area (Å²) in [6, 6.07) is 11.3. The molecule has 0 unspecified atom stereocenters. The Labute approximate surface area is 120 Å². The second-order valence-corrected chi connectivity index (χ2v) is 5.24. The number of phenolic OH excluding ortho intramolecular Hbond substituents is 1. The molecular formula is C14H13BrClNO. The largest absolute Gasteiger partial charge is 0.506 e. The van der Waals surface area contributed by atoms with E-state index in [1.54, 1.807) is 6.07 Å². The van der Waals surface area contributed by atoms with Crippen LogP contribution >= 0.6 is 27.5 Å². The summed E-state index contributed by atoms with van der Waals surface area (Å²) in [6.07, 6.45) is 0. The van der Waals surface area contributed by atoms with E-state index in [0.29, 0.717) is 11.6 Å². The molecule has 0 aliphatic heterocycles. The van der Waals surface area contributed by atoms with Crippen molar-refractivity contribution in [3.63, 3.8) is 0 Å². The van der Waals surface area contributed by atoms with Gasteiger partial charge in [0.1, 0.15) is 5.75 Å². The molecule has 0 atom stereocenters. The zero-order valence-corrected chi connectivity index (χ0v) is 12.2. The molecule has 18 heavy (non-hydrogen) atoms. The summed E-state index contributed by atoms with van der Waals surface area (Å²) in [5.74, 6) is 0.135. The van der Waals surface area contributed by atoms with Gasteiger partial charge in [-0.25, -0.2) is 0 Å². The predicted octanol–water partition coefficient (Wildman–Crippen LogP) is 4.73. The first-order chi connectivity index (χ1) is 8.59. The summed E-state index contributed by atoms with van der Waals surface area (Å²) in [4.78, 5) is 0. The molecule has 0 saturated carbocycles. The lowest BCUT2D eigenvalue weighted by atomic mass is 10.2. The molecule has 0 amide bonds. The van der Waals surface area contributed by atoms with Crippen molar-refractivity contribution in [2.24, 2.45) is 0 Å². The van der Waals surface area contributed by atoms with E-state index < -0.39 is 0 Å².